The standard InChI is InChI=1S/C25H23N3O5/c1-14(2)22(33-15(3)29)21(28-24(31)17-10-4-5-11-18(17)25(28)32)23(30)27-19-12-6-8-16-9-7-13-26-20(16)19/h4-14,21-22H,1-3H3,(H,27,30)/t21-,22+/m0/s1. The van der Waals surface area contributed by atoms with Crippen molar-refractivity contribution in [2.24, 2.45) is 5.92 Å². The average molecular weight is 445 g/mol. The van der Waals surface area contributed by atoms with E-state index >= 15 is 0 Å². The van der Waals surface area contributed by atoms with Gasteiger partial charge in [0.05, 0.1) is 22.3 Å². The molecule has 0 saturated heterocycles. The summed E-state index contributed by atoms with van der Waals surface area (Å²) in [5.41, 5.74) is 1.39. The van der Waals surface area contributed by atoms with E-state index in [1.807, 2.05) is 12.1 Å². The van der Waals surface area contributed by atoms with Crippen molar-refractivity contribution >= 4 is 40.3 Å². The quantitative estimate of drug-likeness (QED) is 0.460. The van der Waals surface area contributed by atoms with Crippen molar-refractivity contribution < 1.29 is 23.9 Å². The number of aromatic nitrogens is 1. The molecule has 0 spiro atoms. The van der Waals surface area contributed by atoms with Gasteiger partial charge in [-0.05, 0) is 30.2 Å². The van der Waals surface area contributed by atoms with Crippen LogP contribution in [0.4, 0.5) is 5.69 Å². The van der Waals surface area contributed by atoms with E-state index in [1.54, 1.807) is 50.4 Å². The second-order valence-corrected chi connectivity index (χ2v) is 8.16. The monoisotopic (exact) mass is 445 g/mol. The van der Waals surface area contributed by atoms with Crippen molar-refractivity contribution in [1.82, 2.24) is 9.88 Å². The first-order valence-electron chi connectivity index (χ1n) is 10.6. The number of esters is 1. The Hall–Kier alpha value is -4.07. The molecule has 0 unspecified atom stereocenters. The van der Waals surface area contributed by atoms with E-state index in [2.05, 4.69) is 10.3 Å². The molecule has 2 heterocycles. The molecule has 1 aromatic heterocycles. The third kappa shape index (κ3) is 4.07. The fourth-order valence-corrected chi connectivity index (χ4v) is 4.04. The predicted molar refractivity (Wildman–Crippen MR) is 121 cm³/mol. The second kappa shape index (κ2) is 8.82. The number of nitrogens with one attached hydrogen (secondary N) is 1. The summed E-state index contributed by atoms with van der Waals surface area (Å²) >= 11 is 0. The summed E-state index contributed by atoms with van der Waals surface area (Å²) in [6, 6.07) is 13.9. The Bertz CT molecular complexity index is 1230. The summed E-state index contributed by atoms with van der Waals surface area (Å²) < 4.78 is 5.47. The van der Waals surface area contributed by atoms with Crippen molar-refractivity contribution in [3.8, 4) is 0 Å². The first-order valence-corrected chi connectivity index (χ1v) is 10.6. The lowest BCUT2D eigenvalue weighted by Gasteiger charge is -2.33. The van der Waals surface area contributed by atoms with E-state index in [0.29, 0.717) is 11.2 Å². The Balaban J connectivity index is 1.77. The molecule has 2 atom stereocenters. The van der Waals surface area contributed by atoms with Crippen molar-refractivity contribution in [1.29, 1.82) is 0 Å². The Kier molecular flexibility index (Phi) is 5.91. The molecule has 3 amide bonds. The Morgan fingerprint density at radius 3 is 2.18 bits per heavy atom. The van der Waals surface area contributed by atoms with Crippen molar-refractivity contribution in [2.45, 2.75) is 32.9 Å². The van der Waals surface area contributed by atoms with Gasteiger partial charge in [-0.3, -0.25) is 29.1 Å². The lowest BCUT2D eigenvalue weighted by Crippen LogP contribution is -2.56. The van der Waals surface area contributed by atoms with Crippen LogP contribution in [0, 0.1) is 5.92 Å². The fourth-order valence-electron chi connectivity index (χ4n) is 4.04. The topological polar surface area (TPSA) is 106 Å². The lowest BCUT2D eigenvalue weighted by atomic mass is 9.96. The number of ether oxygens (including phenoxy) is 1. The molecule has 0 radical (unpaired) electrons. The number of nitrogens with zero attached hydrogens (tertiary/aromatic N) is 2. The van der Waals surface area contributed by atoms with Crippen LogP contribution in [-0.4, -0.2) is 45.7 Å². The lowest BCUT2D eigenvalue weighted by molar-refractivity contribution is -0.153. The maximum atomic E-state index is 13.6. The molecule has 0 saturated carbocycles. The molecule has 0 aliphatic carbocycles. The van der Waals surface area contributed by atoms with Crippen LogP contribution < -0.4 is 5.32 Å². The smallest absolute Gasteiger partial charge is 0.303 e. The SMILES string of the molecule is CC(=O)O[C@H](C(C)C)[C@@H](C(=O)Nc1cccc2cccnc12)N1C(=O)c2ccccc2C1=O. The highest BCUT2D eigenvalue weighted by atomic mass is 16.5. The maximum Gasteiger partial charge on any atom is 0.303 e. The first kappa shape index (κ1) is 22.1. The van der Waals surface area contributed by atoms with Crippen molar-refractivity contribution in [3.05, 3.63) is 71.9 Å². The zero-order valence-corrected chi connectivity index (χ0v) is 18.4. The number of benzene rings is 2. The minimum absolute atomic E-state index is 0.206. The van der Waals surface area contributed by atoms with Gasteiger partial charge in [0.2, 0.25) is 0 Å². The van der Waals surface area contributed by atoms with Gasteiger partial charge in [-0.2, -0.15) is 0 Å². The molecular formula is C25H23N3O5. The molecule has 2 aromatic carbocycles. The molecule has 1 aliphatic heterocycles. The third-order valence-corrected chi connectivity index (χ3v) is 5.53. The highest BCUT2D eigenvalue weighted by Crippen LogP contribution is 2.30. The Labute approximate surface area is 190 Å². The van der Waals surface area contributed by atoms with E-state index in [1.165, 1.54) is 19.1 Å². The molecular weight excluding hydrogens is 422 g/mol. The minimum atomic E-state index is -1.37. The number of carbonyl (C=O) groups is 4. The van der Waals surface area contributed by atoms with Crippen LogP contribution in [0.1, 0.15) is 41.5 Å². The summed E-state index contributed by atoms with van der Waals surface area (Å²) in [5.74, 6) is -2.84. The van der Waals surface area contributed by atoms with Crippen molar-refractivity contribution in [3.63, 3.8) is 0 Å². The van der Waals surface area contributed by atoms with Gasteiger partial charge in [-0.15, -0.1) is 0 Å². The van der Waals surface area contributed by atoms with Gasteiger partial charge < -0.3 is 10.1 Å². The molecule has 8 nitrogen and oxygen atoms in total. The van der Waals surface area contributed by atoms with Crippen LogP contribution in [0.25, 0.3) is 10.9 Å². The van der Waals surface area contributed by atoms with E-state index < -0.39 is 35.8 Å². The zero-order chi connectivity index (χ0) is 23.7. The summed E-state index contributed by atoms with van der Waals surface area (Å²) in [7, 11) is 0. The largest absolute Gasteiger partial charge is 0.459 e. The van der Waals surface area contributed by atoms with Gasteiger partial charge in [0.1, 0.15) is 6.10 Å². The highest BCUT2D eigenvalue weighted by molar-refractivity contribution is 6.23. The third-order valence-electron chi connectivity index (χ3n) is 5.53. The van der Waals surface area contributed by atoms with Gasteiger partial charge in [0, 0.05) is 18.5 Å². The summed E-state index contributed by atoms with van der Waals surface area (Å²) in [6.07, 6.45) is 0.558. The molecule has 3 aromatic rings. The number of para-hydroxylation sites is 1. The number of hydrogen-bond donors (Lipinski definition) is 1. The number of amides is 3. The van der Waals surface area contributed by atoms with Gasteiger partial charge in [0.15, 0.2) is 6.04 Å². The number of fused-ring (bicyclic) bond motifs is 2. The molecule has 0 bridgehead atoms. The van der Waals surface area contributed by atoms with Crippen LogP contribution in [0.15, 0.2) is 60.8 Å². The molecule has 1 aliphatic rings. The molecule has 168 valence electrons. The summed E-state index contributed by atoms with van der Waals surface area (Å²) in [6.45, 7) is 4.73. The molecule has 1 N–H and O–H groups in total. The number of rotatable bonds is 6. The normalized spacial score (nSPS) is 14.8. The van der Waals surface area contributed by atoms with E-state index in [4.69, 9.17) is 4.74 Å². The van der Waals surface area contributed by atoms with E-state index in [0.717, 1.165) is 10.3 Å². The van der Waals surface area contributed by atoms with Gasteiger partial charge in [-0.25, -0.2) is 0 Å². The van der Waals surface area contributed by atoms with E-state index in [9.17, 15) is 19.2 Å². The van der Waals surface area contributed by atoms with Crippen LogP contribution >= 0.6 is 0 Å². The summed E-state index contributed by atoms with van der Waals surface area (Å²) in [4.78, 5) is 57.1. The summed E-state index contributed by atoms with van der Waals surface area (Å²) in [5, 5.41) is 3.61. The molecule has 8 heteroatoms. The van der Waals surface area contributed by atoms with Crippen LogP contribution in [-0.2, 0) is 14.3 Å². The van der Waals surface area contributed by atoms with Gasteiger partial charge in [-0.1, -0.05) is 44.2 Å². The first-order chi connectivity index (χ1) is 15.8. The average Bonchev–Trinajstić information content (AvgIpc) is 3.04. The van der Waals surface area contributed by atoms with Gasteiger partial charge >= 0.3 is 5.97 Å². The Morgan fingerprint density at radius 1 is 0.939 bits per heavy atom. The van der Waals surface area contributed by atoms with E-state index in [-0.39, 0.29) is 17.0 Å². The number of pyridine rings is 1. The van der Waals surface area contributed by atoms with Crippen molar-refractivity contribution in [2.75, 3.05) is 5.32 Å². The number of anilines is 1. The number of hydrogen-bond acceptors (Lipinski definition) is 6. The predicted octanol–water partition coefficient (Wildman–Crippen LogP) is 3.43. The zero-order valence-electron chi connectivity index (χ0n) is 18.4. The molecule has 4 rings (SSSR count). The minimum Gasteiger partial charge on any atom is -0.459 e. The van der Waals surface area contributed by atoms with Gasteiger partial charge in [0.25, 0.3) is 17.7 Å². The number of imide groups is 1. The second-order valence-electron chi connectivity index (χ2n) is 8.16. The molecule has 0 fully saturated rings. The highest BCUT2D eigenvalue weighted by Gasteiger charge is 2.48. The number of carbonyl (C=O) groups excluding carboxylic acids is 4. The van der Waals surface area contributed by atoms with Crippen LogP contribution in [0.2, 0.25) is 0 Å². The van der Waals surface area contributed by atoms with Crippen LogP contribution in [0.3, 0.4) is 0 Å². The Morgan fingerprint density at radius 2 is 1.58 bits per heavy atom. The molecule has 33 heavy (non-hydrogen) atoms. The fraction of sp³-hybridized carbons (Fsp3) is 0.240. The van der Waals surface area contributed by atoms with Crippen LogP contribution in [0.5, 0.6) is 0 Å². The maximum absolute atomic E-state index is 13.6.